The summed E-state index contributed by atoms with van der Waals surface area (Å²) >= 11 is 0. The summed E-state index contributed by atoms with van der Waals surface area (Å²) in [5.41, 5.74) is 1.37. The Morgan fingerprint density at radius 3 is 2.85 bits per heavy atom. The van der Waals surface area contributed by atoms with Crippen LogP contribution >= 0.6 is 12.4 Å². The summed E-state index contributed by atoms with van der Waals surface area (Å²) in [6.45, 7) is 4.65. The molecule has 1 saturated heterocycles. The largest absolute Gasteiger partial charge is 0.314 e. The number of nitrogens with one attached hydrogen (secondary N) is 1. The van der Waals surface area contributed by atoms with Crippen LogP contribution < -0.4 is 5.32 Å². The minimum absolute atomic E-state index is 0. The van der Waals surface area contributed by atoms with Crippen LogP contribution in [0.2, 0.25) is 0 Å². The molecule has 0 bridgehead atoms. The highest BCUT2D eigenvalue weighted by molar-refractivity contribution is 5.85. The first-order valence-corrected chi connectivity index (χ1v) is 7.78. The lowest BCUT2D eigenvalue weighted by Gasteiger charge is -2.39. The van der Waals surface area contributed by atoms with Crippen LogP contribution in [0.15, 0.2) is 24.5 Å². The Morgan fingerprint density at radius 1 is 1.25 bits per heavy atom. The number of halogens is 1. The molecule has 0 aromatic carbocycles. The van der Waals surface area contributed by atoms with Gasteiger partial charge in [-0.2, -0.15) is 0 Å². The fourth-order valence-electron chi connectivity index (χ4n) is 3.57. The van der Waals surface area contributed by atoms with Crippen molar-refractivity contribution in [2.75, 3.05) is 26.2 Å². The van der Waals surface area contributed by atoms with E-state index in [0.29, 0.717) is 6.04 Å². The van der Waals surface area contributed by atoms with Crippen molar-refractivity contribution in [3.63, 3.8) is 0 Å². The van der Waals surface area contributed by atoms with Crippen LogP contribution in [0.3, 0.4) is 0 Å². The predicted octanol–water partition coefficient (Wildman–Crippen LogP) is 3.03. The highest BCUT2D eigenvalue weighted by atomic mass is 35.5. The maximum Gasteiger partial charge on any atom is 0.0488 e. The maximum atomic E-state index is 4.29. The second-order valence-corrected chi connectivity index (χ2v) is 6.01. The summed E-state index contributed by atoms with van der Waals surface area (Å²) < 4.78 is 0. The Bertz CT molecular complexity index is 379. The Kier molecular flexibility index (Phi) is 6.27. The summed E-state index contributed by atoms with van der Waals surface area (Å²) in [6.07, 6.45) is 11.1. The van der Waals surface area contributed by atoms with Crippen LogP contribution in [0.25, 0.3) is 0 Å². The lowest BCUT2D eigenvalue weighted by atomic mass is 9.88. The van der Waals surface area contributed by atoms with E-state index in [1.165, 1.54) is 50.8 Å². The van der Waals surface area contributed by atoms with E-state index in [4.69, 9.17) is 0 Å². The maximum absolute atomic E-state index is 4.29. The van der Waals surface area contributed by atoms with Crippen molar-refractivity contribution < 1.29 is 0 Å². The summed E-state index contributed by atoms with van der Waals surface area (Å²) in [5.74, 6) is 0.922. The molecule has 20 heavy (non-hydrogen) atoms. The molecule has 112 valence electrons. The molecule has 2 heterocycles. The number of piperazine rings is 1. The van der Waals surface area contributed by atoms with Gasteiger partial charge < -0.3 is 5.32 Å². The third kappa shape index (κ3) is 3.94. The topological polar surface area (TPSA) is 28.2 Å². The molecule has 1 aromatic rings. The van der Waals surface area contributed by atoms with Crippen LogP contribution in [0.1, 0.15) is 43.7 Å². The van der Waals surface area contributed by atoms with Gasteiger partial charge in [0.25, 0.3) is 0 Å². The second kappa shape index (κ2) is 7.96. The second-order valence-electron chi connectivity index (χ2n) is 6.01. The van der Waals surface area contributed by atoms with E-state index in [1.807, 2.05) is 12.4 Å². The number of aromatic nitrogens is 1. The van der Waals surface area contributed by atoms with Crippen LogP contribution in [-0.4, -0.2) is 36.1 Å². The molecule has 4 heteroatoms. The highest BCUT2D eigenvalue weighted by Gasteiger charge is 2.26. The van der Waals surface area contributed by atoms with Gasteiger partial charge >= 0.3 is 0 Å². The summed E-state index contributed by atoms with van der Waals surface area (Å²) in [5, 5.41) is 3.53. The van der Waals surface area contributed by atoms with Crippen LogP contribution in [-0.2, 0) is 0 Å². The molecular weight excluding hydrogens is 270 g/mol. The van der Waals surface area contributed by atoms with Crippen LogP contribution in [0, 0.1) is 5.92 Å². The van der Waals surface area contributed by atoms with Gasteiger partial charge in [0.05, 0.1) is 0 Å². The lowest BCUT2D eigenvalue weighted by Crippen LogP contribution is -2.47. The molecule has 1 atom stereocenters. The Morgan fingerprint density at radius 2 is 2.10 bits per heavy atom. The zero-order chi connectivity index (χ0) is 12.9. The first-order valence-electron chi connectivity index (χ1n) is 7.78. The van der Waals surface area contributed by atoms with E-state index in [9.17, 15) is 0 Å². The molecule has 2 aliphatic rings. The van der Waals surface area contributed by atoms with Gasteiger partial charge in [0.2, 0.25) is 0 Å². The highest BCUT2D eigenvalue weighted by Crippen LogP contribution is 2.28. The van der Waals surface area contributed by atoms with E-state index in [-0.39, 0.29) is 12.4 Å². The molecule has 3 nitrogen and oxygen atoms in total. The monoisotopic (exact) mass is 295 g/mol. The van der Waals surface area contributed by atoms with E-state index in [0.717, 1.165) is 19.0 Å². The SMILES string of the molecule is Cl.c1cncc(C2CNCCN2CC2CCCCC2)c1. The third-order valence-corrected chi connectivity index (χ3v) is 4.64. The standard InChI is InChI=1S/C16H25N3.ClH/c1-2-5-14(6-3-1)13-19-10-9-18-12-16(19)15-7-4-8-17-11-15;/h4,7-8,11,14,16,18H,1-3,5-6,9-10,12-13H2;1H. The predicted molar refractivity (Wildman–Crippen MR) is 85.2 cm³/mol. The summed E-state index contributed by atoms with van der Waals surface area (Å²) in [7, 11) is 0. The Balaban J connectivity index is 0.00000147. The normalized spacial score (nSPS) is 25.1. The van der Waals surface area contributed by atoms with Crippen molar-refractivity contribution in [1.82, 2.24) is 15.2 Å². The fraction of sp³-hybridized carbons (Fsp3) is 0.688. The molecule has 1 unspecified atom stereocenters. The smallest absolute Gasteiger partial charge is 0.0488 e. The van der Waals surface area contributed by atoms with Gasteiger partial charge in [0.1, 0.15) is 0 Å². The zero-order valence-electron chi connectivity index (χ0n) is 12.1. The molecule has 1 aliphatic heterocycles. The average Bonchev–Trinajstić information content (AvgIpc) is 2.50. The fourth-order valence-corrected chi connectivity index (χ4v) is 3.57. The van der Waals surface area contributed by atoms with Gasteiger partial charge in [-0.3, -0.25) is 9.88 Å². The molecule has 3 rings (SSSR count). The van der Waals surface area contributed by atoms with Gasteiger partial charge in [0.15, 0.2) is 0 Å². The van der Waals surface area contributed by atoms with Crippen molar-refractivity contribution in [1.29, 1.82) is 0 Å². The van der Waals surface area contributed by atoms with Gasteiger partial charge in [-0.15, -0.1) is 12.4 Å². The van der Waals surface area contributed by atoms with Gasteiger partial charge in [-0.05, 0) is 30.4 Å². The molecule has 0 amide bonds. The molecule has 0 radical (unpaired) electrons. The first kappa shape index (κ1) is 15.7. The van der Waals surface area contributed by atoms with Crippen molar-refractivity contribution in [2.45, 2.75) is 38.1 Å². The Hall–Kier alpha value is -0.640. The molecular formula is C16H26ClN3. The molecule has 0 spiro atoms. The molecule has 1 N–H and O–H groups in total. The average molecular weight is 296 g/mol. The quantitative estimate of drug-likeness (QED) is 0.929. The number of pyridine rings is 1. The lowest BCUT2D eigenvalue weighted by molar-refractivity contribution is 0.123. The van der Waals surface area contributed by atoms with E-state index < -0.39 is 0 Å². The van der Waals surface area contributed by atoms with Crippen molar-refractivity contribution >= 4 is 12.4 Å². The Labute approximate surface area is 128 Å². The third-order valence-electron chi connectivity index (χ3n) is 4.64. The summed E-state index contributed by atoms with van der Waals surface area (Å²) in [4.78, 5) is 6.97. The van der Waals surface area contributed by atoms with Gasteiger partial charge in [-0.25, -0.2) is 0 Å². The number of rotatable bonds is 3. The number of nitrogens with zero attached hydrogens (tertiary/aromatic N) is 2. The van der Waals surface area contributed by atoms with E-state index >= 15 is 0 Å². The molecule has 1 saturated carbocycles. The van der Waals surface area contributed by atoms with E-state index in [2.05, 4.69) is 27.3 Å². The van der Waals surface area contributed by atoms with Gasteiger partial charge in [-0.1, -0.05) is 25.3 Å². The number of hydrogen-bond acceptors (Lipinski definition) is 3. The molecule has 2 fully saturated rings. The van der Waals surface area contributed by atoms with Crippen LogP contribution in [0.5, 0.6) is 0 Å². The van der Waals surface area contributed by atoms with Gasteiger partial charge in [0, 0.05) is 44.6 Å². The molecule has 1 aliphatic carbocycles. The van der Waals surface area contributed by atoms with Crippen molar-refractivity contribution in [3.8, 4) is 0 Å². The summed E-state index contributed by atoms with van der Waals surface area (Å²) in [6, 6.07) is 4.80. The zero-order valence-corrected chi connectivity index (χ0v) is 12.9. The first-order chi connectivity index (χ1) is 9.43. The number of hydrogen-bond donors (Lipinski definition) is 1. The van der Waals surface area contributed by atoms with Crippen molar-refractivity contribution in [3.05, 3.63) is 30.1 Å². The van der Waals surface area contributed by atoms with Crippen molar-refractivity contribution in [2.24, 2.45) is 5.92 Å². The molecule has 1 aromatic heterocycles. The van der Waals surface area contributed by atoms with E-state index in [1.54, 1.807) is 0 Å². The minimum atomic E-state index is 0. The van der Waals surface area contributed by atoms with Crippen LogP contribution in [0.4, 0.5) is 0 Å². The minimum Gasteiger partial charge on any atom is -0.314 e.